The van der Waals surface area contributed by atoms with E-state index in [-0.39, 0.29) is 0 Å². The molecule has 0 heterocycles. The topological polar surface area (TPSA) is 20.2 Å². The zero-order valence-electron chi connectivity index (χ0n) is 8.56. The van der Waals surface area contributed by atoms with Crippen molar-refractivity contribution in [3.05, 3.63) is 0 Å². The smallest absolute Gasteiger partial charge is 0.166 e. The molecule has 0 saturated heterocycles. The van der Waals surface area contributed by atoms with Gasteiger partial charge in [0.1, 0.15) is 0 Å². The molecule has 0 saturated carbocycles. The first-order valence-corrected chi connectivity index (χ1v) is 11.5. The van der Waals surface area contributed by atoms with Crippen LogP contribution in [0.25, 0.3) is 0 Å². The molecule has 0 radical (unpaired) electrons. The van der Waals surface area contributed by atoms with Crippen LogP contribution in [0, 0.1) is 0 Å². The molecule has 0 bridgehead atoms. The van der Waals surface area contributed by atoms with Crippen LogP contribution < -0.4 is 0 Å². The van der Waals surface area contributed by atoms with E-state index in [0.29, 0.717) is 9.52 Å². The summed E-state index contributed by atoms with van der Waals surface area (Å²) in [5.41, 5.74) is 0. The minimum absolute atomic E-state index is 0.409. The number of rotatable bonds is 4. The van der Waals surface area contributed by atoms with Gasteiger partial charge in [-0.15, -0.1) is 0 Å². The van der Waals surface area contributed by atoms with Gasteiger partial charge in [0.25, 0.3) is 0 Å². The molecule has 1 N–H and O–H groups in total. The number of hydrogen-bond acceptors (Lipinski definition) is 1. The molecular weight excluding hydrogens is 184 g/mol. The van der Waals surface area contributed by atoms with Gasteiger partial charge in [0.05, 0.1) is 0 Å². The van der Waals surface area contributed by atoms with Gasteiger partial charge in [-0.2, -0.15) is 0 Å². The Morgan fingerprint density at radius 2 is 1.82 bits per heavy atom. The van der Waals surface area contributed by atoms with Crippen LogP contribution in [0.15, 0.2) is 0 Å². The zero-order chi connectivity index (χ0) is 9.11. The predicted molar refractivity (Wildman–Crippen MR) is 64.3 cm³/mol. The molecule has 0 rings (SSSR count). The molecule has 11 heavy (non-hydrogen) atoms. The van der Waals surface area contributed by atoms with Gasteiger partial charge in [0, 0.05) is 19.8 Å². The summed E-state index contributed by atoms with van der Waals surface area (Å²) in [4.78, 5) is 8.19. The van der Waals surface area contributed by atoms with Crippen molar-refractivity contribution in [3.8, 4) is 0 Å². The molecule has 1 nitrogen and oxygen atoms in total. The standard InChI is InChI=1S/C5H16Si2.C2H8OSi/c1-7-5-3-2-4-6;1-4(2)3/h2-5,7H2,1,6H3;3-4H,1-2H3. The minimum atomic E-state index is -1.14. The van der Waals surface area contributed by atoms with Gasteiger partial charge in [-0.1, -0.05) is 31.5 Å². The summed E-state index contributed by atoms with van der Waals surface area (Å²) in [7, 11) is 0.691. The Bertz CT molecular complexity index is 52.9. The molecule has 0 amide bonds. The normalized spacial score (nSPS) is 10.6. The summed E-state index contributed by atoms with van der Waals surface area (Å²) in [5, 5.41) is 0. The third-order valence-corrected chi connectivity index (χ3v) is 3.12. The number of unbranched alkanes of at least 4 members (excludes halogenated alkanes) is 1. The summed E-state index contributed by atoms with van der Waals surface area (Å²) in [6.07, 6.45) is 3.05. The SMILES string of the molecule is C[SiH2]CCCC[SiH3].C[SiH](C)O. The lowest BCUT2D eigenvalue weighted by Gasteiger charge is -1.90. The highest BCUT2D eigenvalue weighted by Crippen LogP contribution is 1.96. The van der Waals surface area contributed by atoms with E-state index in [2.05, 4.69) is 6.55 Å². The lowest BCUT2D eigenvalue weighted by molar-refractivity contribution is 0.587. The van der Waals surface area contributed by atoms with Crippen LogP contribution in [0.5, 0.6) is 0 Å². The third-order valence-electron chi connectivity index (χ3n) is 1.21. The maximum absolute atomic E-state index is 8.19. The first-order valence-electron chi connectivity index (χ1n) is 4.83. The Hall–Kier alpha value is 0.611. The van der Waals surface area contributed by atoms with E-state index < -0.39 is 9.04 Å². The van der Waals surface area contributed by atoms with Crippen molar-refractivity contribution in [2.24, 2.45) is 0 Å². The highest BCUT2D eigenvalue weighted by atomic mass is 28.3. The second kappa shape index (κ2) is 13.2. The van der Waals surface area contributed by atoms with Crippen LogP contribution in [0.2, 0.25) is 31.7 Å². The highest BCUT2D eigenvalue weighted by molar-refractivity contribution is 6.46. The zero-order valence-corrected chi connectivity index (χ0v) is 13.1. The summed E-state index contributed by atoms with van der Waals surface area (Å²) >= 11 is 0. The maximum atomic E-state index is 8.19. The fourth-order valence-electron chi connectivity index (χ4n) is 0.677. The second-order valence-electron chi connectivity index (χ2n) is 3.15. The first kappa shape index (κ1) is 14.2. The molecule has 0 aromatic heterocycles. The molecule has 0 atom stereocenters. The quantitative estimate of drug-likeness (QED) is 0.515. The Labute approximate surface area is 78.6 Å². The molecule has 0 spiro atoms. The van der Waals surface area contributed by atoms with Gasteiger partial charge in [-0.3, -0.25) is 0 Å². The average molecular weight is 209 g/mol. The Morgan fingerprint density at radius 3 is 2.09 bits per heavy atom. The molecule has 0 aliphatic carbocycles. The predicted octanol–water partition coefficient (Wildman–Crippen LogP) is 0.148. The monoisotopic (exact) mass is 208 g/mol. The largest absolute Gasteiger partial charge is 0.435 e. The van der Waals surface area contributed by atoms with Crippen LogP contribution in [-0.4, -0.2) is 33.6 Å². The van der Waals surface area contributed by atoms with Crippen molar-refractivity contribution in [1.82, 2.24) is 0 Å². The molecule has 0 fully saturated rings. The molecule has 4 heteroatoms. The molecule has 0 aromatic rings. The number of hydrogen-bond donors (Lipinski definition) is 1. The highest BCUT2D eigenvalue weighted by Gasteiger charge is 1.80. The van der Waals surface area contributed by atoms with Crippen LogP contribution in [0.1, 0.15) is 12.8 Å². The molecule has 0 aromatic carbocycles. The molecule has 0 aliphatic heterocycles. The maximum Gasteiger partial charge on any atom is 0.166 e. The van der Waals surface area contributed by atoms with E-state index in [1.807, 2.05) is 13.1 Å². The van der Waals surface area contributed by atoms with Crippen LogP contribution in [0.3, 0.4) is 0 Å². The van der Waals surface area contributed by atoms with Gasteiger partial charge < -0.3 is 4.80 Å². The minimum Gasteiger partial charge on any atom is -0.435 e. The summed E-state index contributed by atoms with van der Waals surface area (Å²) in [6.45, 7) is 6.12. The fourth-order valence-corrected chi connectivity index (χ4v) is 2.03. The molecular formula is C7H24OSi3. The van der Waals surface area contributed by atoms with E-state index in [0.717, 1.165) is 0 Å². The first-order chi connectivity index (χ1) is 5.15. The van der Waals surface area contributed by atoms with E-state index in [9.17, 15) is 0 Å². The van der Waals surface area contributed by atoms with E-state index in [4.69, 9.17) is 4.80 Å². The van der Waals surface area contributed by atoms with Gasteiger partial charge in [0.2, 0.25) is 0 Å². The van der Waals surface area contributed by atoms with Crippen molar-refractivity contribution in [1.29, 1.82) is 0 Å². The van der Waals surface area contributed by atoms with E-state index in [1.54, 1.807) is 6.04 Å². The van der Waals surface area contributed by atoms with Gasteiger partial charge in [0.15, 0.2) is 9.04 Å². The van der Waals surface area contributed by atoms with E-state index in [1.165, 1.54) is 29.1 Å². The van der Waals surface area contributed by atoms with Crippen molar-refractivity contribution < 1.29 is 4.80 Å². The fraction of sp³-hybridized carbons (Fsp3) is 1.00. The van der Waals surface area contributed by atoms with Crippen LogP contribution >= 0.6 is 0 Å². The van der Waals surface area contributed by atoms with Crippen molar-refractivity contribution in [2.75, 3.05) is 0 Å². The molecule has 70 valence electrons. The second-order valence-corrected chi connectivity index (χ2v) is 8.05. The van der Waals surface area contributed by atoms with Crippen LogP contribution in [-0.2, 0) is 0 Å². The van der Waals surface area contributed by atoms with E-state index >= 15 is 0 Å². The Balaban J connectivity index is 0. The van der Waals surface area contributed by atoms with Crippen molar-refractivity contribution >= 4 is 28.8 Å². The average Bonchev–Trinajstić information content (AvgIpc) is 1.88. The van der Waals surface area contributed by atoms with Gasteiger partial charge in [-0.05, 0) is 13.1 Å². The Kier molecular flexibility index (Phi) is 17.0. The summed E-state index contributed by atoms with van der Waals surface area (Å²) < 4.78 is 0. The molecule has 0 aliphatic rings. The lowest BCUT2D eigenvalue weighted by Crippen LogP contribution is -1.93. The van der Waals surface area contributed by atoms with Gasteiger partial charge >= 0.3 is 0 Å². The Morgan fingerprint density at radius 1 is 1.36 bits per heavy atom. The molecule has 0 unspecified atom stereocenters. The van der Waals surface area contributed by atoms with Crippen LogP contribution in [0.4, 0.5) is 0 Å². The third kappa shape index (κ3) is 37.0. The summed E-state index contributed by atoms with van der Waals surface area (Å²) in [6, 6.07) is 3.11. The lowest BCUT2D eigenvalue weighted by atomic mass is 10.4. The summed E-state index contributed by atoms with van der Waals surface area (Å²) in [5.74, 6) is 0. The van der Waals surface area contributed by atoms with Gasteiger partial charge in [-0.25, -0.2) is 0 Å². The van der Waals surface area contributed by atoms with Crippen molar-refractivity contribution in [2.45, 2.75) is 44.6 Å². The van der Waals surface area contributed by atoms with Crippen molar-refractivity contribution in [3.63, 3.8) is 0 Å².